The van der Waals surface area contributed by atoms with E-state index in [1.165, 1.54) is 27.7 Å². The number of hydrogen-bond donors (Lipinski definition) is 0. The molecule has 4 atom stereocenters. The summed E-state index contributed by atoms with van der Waals surface area (Å²) in [5.41, 5.74) is -0.840. The van der Waals surface area contributed by atoms with E-state index in [0.29, 0.717) is 12.8 Å². The van der Waals surface area contributed by atoms with Crippen molar-refractivity contribution in [1.82, 2.24) is 0 Å². The minimum absolute atomic E-state index is 0.181. The van der Waals surface area contributed by atoms with E-state index in [2.05, 4.69) is 0 Å². The SMILES string of the molecule is CC(=O)OC[C@H]1OC2(CC2)[C@H](OC(C)=O)[C@@H](OC(C)=O)[C@@H]1OC(C)=O. The van der Waals surface area contributed by atoms with Crippen LogP contribution < -0.4 is 0 Å². The van der Waals surface area contributed by atoms with Crippen molar-refractivity contribution in [3.8, 4) is 0 Å². The van der Waals surface area contributed by atoms with E-state index >= 15 is 0 Å². The molecule has 1 heterocycles. The lowest BCUT2D eigenvalue weighted by Crippen LogP contribution is -2.63. The van der Waals surface area contributed by atoms with Crippen LogP contribution in [0, 0.1) is 0 Å². The Morgan fingerprint density at radius 1 is 0.840 bits per heavy atom. The minimum atomic E-state index is -1.07. The van der Waals surface area contributed by atoms with Crippen LogP contribution in [-0.4, -0.2) is 60.5 Å². The molecule has 0 radical (unpaired) electrons. The largest absolute Gasteiger partial charge is 0.463 e. The van der Waals surface area contributed by atoms with Gasteiger partial charge in [0.15, 0.2) is 18.3 Å². The molecule has 0 amide bonds. The third-order valence-corrected chi connectivity index (χ3v) is 3.98. The molecule has 2 fully saturated rings. The summed E-state index contributed by atoms with van der Waals surface area (Å²) in [6.45, 7) is 4.68. The normalized spacial score (nSPS) is 29.4. The third-order valence-electron chi connectivity index (χ3n) is 3.98. The minimum Gasteiger partial charge on any atom is -0.463 e. The van der Waals surface area contributed by atoms with Gasteiger partial charge in [0.25, 0.3) is 0 Å². The first-order valence-corrected chi connectivity index (χ1v) is 7.97. The van der Waals surface area contributed by atoms with Crippen molar-refractivity contribution in [3.63, 3.8) is 0 Å². The maximum absolute atomic E-state index is 11.5. The van der Waals surface area contributed by atoms with Crippen molar-refractivity contribution in [1.29, 1.82) is 0 Å². The Kier molecular flexibility index (Phi) is 5.66. The highest BCUT2D eigenvalue weighted by molar-refractivity contribution is 5.69. The molecule has 2 rings (SSSR count). The number of esters is 4. The topological polar surface area (TPSA) is 114 Å². The summed E-state index contributed by atoms with van der Waals surface area (Å²) in [6.07, 6.45) is -2.73. The Labute approximate surface area is 144 Å². The van der Waals surface area contributed by atoms with Gasteiger partial charge in [0.05, 0.1) is 0 Å². The molecule has 1 aliphatic carbocycles. The molecule has 1 saturated carbocycles. The van der Waals surface area contributed by atoms with Gasteiger partial charge in [-0.25, -0.2) is 0 Å². The van der Waals surface area contributed by atoms with Crippen molar-refractivity contribution in [2.45, 2.75) is 70.6 Å². The average molecular weight is 358 g/mol. The molecule has 1 aliphatic heterocycles. The Balaban J connectivity index is 2.33. The van der Waals surface area contributed by atoms with Gasteiger partial charge in [-0.15, -0.1) is 0 Å². The molecule has 0 N–H and O–H groups in total. The molecule has 140 valence electrons. The number of rotatable bonds is 5. The van der Waals surface area contributed by atoms with Gasteiger partial charge >= 0.3 is 23.9 Å². The molecule has 9 nitrogen and oxygen atoms in total. The fourth-order valence-corrected chi connectivity index (χ4v) is 2.98. The monoisotopic (exact) mass is 358 g/mol. The molecule has 2 aliphatic rings. The van der Waals surface area contributed by atoms with Crippen molar-refractivity contribution >= 4 is 23.9 Å². The summed E-state index contributed by atoms with van der Waals surface area (Å²) >= 11 is 0. The van der Waals surface area contributed by atoms with Crippen LogP contribution in [0.4, 0.5) is 0 Å². The first-order valence-electron chi connectivity index (χ1n) is 7.97. The molecule has 0 aromatic heterocycles. The molecule has 0 aromatic rings. The molecular formula is C16H22O9. The van der Waals surface area contributed by atoms with Crippen molar-refractivity contribution in [3.05, 3.63) is 0 Å². The summed E-state index contributed by atoms with van der Waals surface area (Å²) in [6, 6.07) is 0. The van der Waals surface area contributed by atoms with Gasteiger partial charge in [-0.3, -0.25) is 19.2 Å². The molecule has 1 spiro atoms. The zero-order valence-electron chi connectivity index (χ0n) is 14.6. The second-order valence-corrected chi connectivity index (χ2v) is 6.20. The van der Waals surface area contributed by atoms with Gasteiger partial charge in [-0.2, -0.15) is 0 Å². The predicted molar refractivity (Wildman–Crippen MR) is 80.1 cm³/mol. The molecule has 0 aromatic carbocycles. The first-order chi connectivity index (χ1) is 11.6. The van der Waals surface area contributed by atoms with E-state index in [1.54, 1.807) is 0 Å². The highest BCUT2D eigenvalue weighted by atomic mass is 16.7. The maximum atomic E-state index is 11.5. The number of ether oxygens (including phenoxy) is 5. The highest BCUT2D eigenvalue weighted by Gasteiger charge is 2.65. The maximum Gasteiger partial charge on any atom is 0.303 e. The van der Waals surface area contributed by atoms with Gasteiger partial charge in [0.2, 0.25) is 0 Å². The van der Waals surface area contributed by atoms with Gasteiger partial charge in [-0.05, 0) is 12.8 Å². The first kappa shape index (κ1) is 19.2. The fourth-order valence-electron chi connectivity index (χ4n) is 2.98. The van der Waals surface area contributed by atoms with Gasteiger partial charge < -0.3 is 23.7 Å². The molecule has 0 bridgehead atoms. The Hall–Kier alpha value is -2.16. The molecule has 0 unspecified atom stereocenters. The van der Waals surface area contributed by atoms with Gasteiger partial charge in [-0.1, -0.05) is 0 Å². The molecular weight excluding hydrogens is 336 g/mol. The number of carbonyl (C=O) groups is 4. The zero-order valence-corrected chi connectivity index (χ0v) is 14.6. The van der Waals surface area contributed by atoms with Crippen LogP contribution in [0.1, 0.15) is 40.5 Å². The molecule has 1 saturated heterocycles. The van der Waals surface area contributed by atoms with Crippen molar-refractivity contribution < 1.29 is 42.9 Å². The summed E-state index contributed by atoms with van der Waals surface area (Å²) in [5.74, 6) is -2.35. The Morgan fingerprint density at radius 3 is 1.80 bits per heavy atom. The van der Waals surface area contributed by atoms with Crippen molar-refractivity contribution in [2.75, 3.05) is 6.61 Å². The lowest BCUT2D eigenvalue weighted by atomic mass is 9.92. The van der Waals surface area contributed by atoms with E-state index in [-0.39, 0.29) is 6.61 Å². The van der Waals surface area contributed by atoms with E-state index in [0.717, 1.165) is 0 Å². The molecule has 25 heavy (non-hydrogen) atoms. The average Bonchev–Trinajstić information content (AvgIpc) is 3.23. The zero-order chi connectivity index (χ0) is 18.8. The smallest absolute Gasteiger partial charge is 0.303 e. The van der Waals surface area contributed by atoms with Crippen LogP contribution in [0.25, 0.3) is 0 Å². The summed E-state index contributed by atoms with van der Waals surface area (Å²) in [7, 11) is 0. The lowest BCUT2D eigenvalue weighted by molar-refractivity contribution is -0.260. The van der Waals surface area contributed by atoms with Crippen LogP contribution >= 0.6 is 0 Å². The molecule has 9 heteroatoms. The Morgan fingerprint density at radius 2 is 1.36 bits per heavy atom. The van der Waals surface area contributed by atoms with Crippen LogP contribution in [0.3, 0.4) is 0 Å². The van der Waals surface area contributed by atoms with E-state index < -0.39 is 53.9 Å². The third kappa shape index (κ3) is 4.68. The predicted octanol–water partition coefficient (Wildman–Crippen LogP) is 0.276. The second-order valence-electron chi connectivity index (χ2n) is 6.20. The summed E-state index contributed by atoms with van der Waals surface area (Å²) in [4.78, 5) is 45.7. The summed E-state index contributed by atoms with van der Waals surface area (Å²) < 4.78 is 26.8. The summed E-state index contributed by atoms with van der Waals surface area (Å²) in [5, 5.41) is 0. The second kappa shape index (κ2) is 7.38. The van der Waals surface area contributed by atoms with E-state index in [1.807, 2.05) is 0 Å². The van der Waals surface area contributed by atoms with Gasteiger partial charge in [0, 0.05) is 27.7 Å². The van der Waals surface area contributed by atoms with Crippen LogP contribution in [0.15, 0.2) is 0 Å². The van der Waals surface area contributed by atoms with Crippen molar-refractivity contribution in [2.24, 2.45) is 0 Å². The van der Waals surface area contributed by atoms with Crippen LogP contribution in [0.5, 0.6) is 0 Å². The van der Waals surface area contributed by atoms with E-state index in [4.69, 9.17) is 23.7 Å². The highest BCUT2D eigenvalue weighted by Crippen LogP contribution is 2.51. The lowest BCUT2D eigenvalue weighted by Gasteiger charge is -2.45. The van der Waals surface area contributed by atoms with Gasteiger partial charge in [0.1, 0.15) is 18.3 Å². The van der Waals surface area contributed by atoms with Crippen LogP contribution in [-0.2, 0) is 42.9 Å². The standard InChI is InChI=1S/C16H22O9/c1-8(17)21-7-12-13(22-9(2)18)14(23-10(3)19)15(24-11(4)20)16(25-12)5-6-16/h12-15H,5-7H2,1-4H3/t12-,13-,14+,15-/m1/s1. The number of hydrogen-bond acceptors (Lipinski definition) is 9. The quantitative estimate of drug-likeness (QED) is 0.504. The van der Waals surface area contributed by atoms with E-state index in [9.17, 15) is 19.2 Å². The Bertz CT molecular complexity index is 566. The fraction of sp³-hybridized carbons (Fsp3) is 0.750. The van der Waals surface area contributed by atoms with Crippen LogP contribution in [0.2, 0.25) is 0 Å². The number of carbonyl (C=O) groups excluding carboxylic acids is 4.